The lowest BCUT2D eigenvalue weighted by Gasteiger charge is -2.13. The van der Waals surface area contributed by atoms with E-state index >= 15 is 0 Å². The molecular formula is C18H35N3O5S. The average Bonchev–Trinajstić information content (AvgIpc) is 2.63. The molecule has 0 fully saturated rings. The summed E-state index contributed by atoms with van der Waals surface area (Å²) in [6.07, 6.45) is 0.733. The van der Waals surface area contributed by atoms with Crippen molar-refractivity contribution in [1.29, 1.82) is 0 Å². The van der Waals surface area contributed by atoms with Gasteiger partial charge in [0.2, 0.25) is 0 Å². The number of likely N-dealkylation sites (N-methyl/N-ethyl adjacent to an activating group) is 1. The topological polar surface area (TPSA) is 97.0 Å². The zero-order valence-electron chi connectivity index (χ0n) is 17.2. The van der Waals surface area contributed by atoms with Crippen LogP contribution in [-0.2, 0) is 19.1 Å². The highest BCUT2D eigenvalue weighted by atomic mass is 32.2. The molecule has 0 bridgehead atoms. The molecular weight excluding hydrogens is 370 g/mol. The van der Waals surface area contributed by atoms with Gasteiger partial charge in [0.15, 0.2) is 0 Å². The monoisotopic (exact) mass is 405 g/mol. The number of thioether (sulfide) groups is 1. The molecule has 158 valence electrons. The van der Waals surface area contributed by atoms with Crippen LogP contribution in [0.25, 0.3) is 0 Å². The minimum Gasteiger partial charge on any atom is -0.464 e. The molecule has 0 spiro atoms. The molecule has 0 saturated heterocycles. The first-order chi connectivity index (χ1) is 12.8. The maximum atomic E-state index is 11.8. The number of rotatable bonds is 14. The molecule has 0 aliphatic carbocycles. The Morgan fingerprint density at radius 3 is 2.19 bits per heavy atom. The molecule has 0 rings (SSSR count). The van der Waals surface area contributed by atoms with Crippen molar-refractivity contribution in [2.24, 2.45) is 11.8 Å². The Balaban J connectivity index is 3.62. The number of ether oxygens (including phenoxy) is 2. The quantitative estimate of drug-likeness (QED) is 0.333. The van der Waals surface area contributed by atoms with Gasteiger partial charge in [-0.25, -0.2) is 4.79 Å². The first-order valence-corrected chi connectivity index (χ1v) is 10.5. The number of amides is 2. The number of carbonyl (C=O) groups is 3. The third-order valence-electron chi connectivity index (χ3n) is 3.73. The minimum absolute atomic E-state index is 0.122. The lowest BCUT2D eigenvalue weighted by Crippen LogP contribution is -2.38. The van der Waals surface area contributed by atoms with E-state index in [4.69, 9.17) is 9.47 Å². The van der Waals surface area contributed by atoms with E-state index in [9.17, 15) is 14.4 Å². The third kappa shape index (κ3) is 14.3. The Hall–Kier alpha value is -1.48. The molecule has 0 aromatic carbocycles. The summed E-state index contributed by atoms with van der Waals surface area (Å²) in [7, 11) is 3.85. The molecule has 9 heteroatoms. The van der Waals surface area contributed by atoms with E-state index in [-0.39, 0.29) is 43.0 Å². The normalized spacial score (nSPS) is 13.0. The predicted octanol–water partition coefficient (Wildman–Crippen LogP) is 1.35. The van der Waals surface area contributed by atoms with Crippen LogP contribution in [0.2, 0.25) is 0 Å². The highest BCUT2D eigenvalue weighted by Gasteiger charge is 2.14. The zero-order valence-corrected chi connectivity index (χ0v) is 18.0. The molecule has 27 heavy (non-hydrogen) atoms. The second-order valence-electron chi connectivity index (χ2n) is 6.61. The molecule has 0 aliphatic heterocycles. The van der Waals surface area contributed by atoms with Crippen molar-refractivity contribution in [2.75, 3.05) is 58.4 Å². The SMILES string of the molecule is CCC(C)C(=O)OCCNC(=O)NCCSCC(C)C(=O)OCCN(C)C. The summed E-state index contributed by atoms with van der Waals surface area (Å²) in [6.45, 7) is 7.61. The summed E-state index contributed by atoms with van der Waals surface area (Å²) in [5.74, 6) is 0.614. The van der Waals surface area contributed by atoms with E-state index in [2.05, 4.69) is 10.6 Å². The average molecular weight is 406 g/mol. The fourth-order valence-electron chi connectivity index (χ4n) is 1.72. The summed E-state index contributed by atoms with van der Waals surface area (Å²) >= 11 is 1.59. The van der Waals surface area contributed by atoms with Crippen molar-refractivity contribution in [2.45, 2.75) is 27.2 Å². The van der Waals surface area contributed by atoms with Gasteiger partial charge >= 0.3 is 18.0 Å². The number of nitrogens with zero attached hydrogens (tertiary/aromatic N) is 1. The Kier molecular flexibility index (Phi) is 14.7. The van der Waals surface area contributed by atoms with Crippen molar-refractivity contribution >= 4 is 29.7 Å². The fourth-order valence-corrected chi connectivity index (χ4v) is 2.63. The molecule has 0 radical (unpaired) electrons. The van der Waals surface area contributed by atoms with E-state index in [1.165, 1.54) is 0 Å². The van der Waals surface area contributed by atoms with Gasteiger partial charge in [-0.15, -0.1) is 0 Å². The second kappa shape index (κ2) is 15.6. The molecule has 2 amide bonds. The van der Waals surface area contributed by atoms with Gasteiger partial charge < -0.3 is 25.0 Å². The van der Waals surface area contributed by atoms with Crippen molar-refractivity contribution in [3.05, 3.63) is 0 Å². The van der Waals surface area contributed by atoms with Gasteiger partial charge in [-0.2, -0.15) is 11.8 Å². The number of esters is 2. The summed E-state index contributed by atoms with van der Waals surface area (Å²) in [5, 5.41) is 5.35. The lowest BCUT2D eigenvalue weighted by atomic mass is 10.1. The van der Waals surface area contributed by atoms with Gasteiger partial charge in [0.1, 0.15) is 13.2 Å². The summed E-state index contributed by atoms with van der Waals surface area (Å²) < 4.78 is 10.2. The maximum absolute atomic E-state index is 11.8. The van der Waals surface area contributed by atoms with Crippen LogP contribution in [0.4, 0.5) is 4.79 Å². The number of nitrogens with one attached hydrogen (secondary N) is 2. The zero-order chi connectivity index (χ0) is 20.7. The second-order valence-corrected chi connectivity index (χ2v) is 7.76. The smallest absolute Gasteiger partial charge is 0.314 e. The first kappa shape index (κ1) is 25.5. The molecule has 0 aromatic heterocycles. The van der Waals surface area contributed by atoms with Crippen molar-refractivity contribution in [3.8, 4) is 0 Å². The molecule has 2 N–H and O–H groups in total. The van der Waals surface area contributed by atoms with Crippen LogP contribution in [0.5, 0.6) is 0 Å². The molecule has 0 heterocycles. The number of hydrogen-bond donors (Lipinski definition) is 2. The van der Waals surface area contributed by atoms with Gasteiger partial charge in [-0.05, 0) is 20.5 Å². The van der Waals surface area contributed by atoms with E-state index in [1.807, 2.05) is 39.8 Å². The highest BCUT2D eigenvalue weighted by molar-refractivity contribution is 7.99. The predicted molar refractivity (Wildman–Crippen MR) is 108 cm³/mol. The van der Waals surface area contributed by atoms with Gasteiger partial charge in [-0.1, -0.05) is 20.8 Å². The van der Waals surface area contributed by atoms with Gasteiger partial charge in [0.05, 0.1) is 18.4 Å². The molecule has 0 saturated carbocycles. The summed E-state index contributed by atoms with van der Waals surface area (Å²) in [4.78, 5) is 36.8. The van der Waals surface area contributed by atoms with Crippen LogP contribution in [-0.4, -0.2) is 81.3 Å². The lowest BCUT2D eigenvalue weighted by molar-refractivity contribution is -0.148. The van der Waals surface area contributed by atoms with Crippen LogP contribution < -0.4 is 10.6 Å². The standard InChI is InChI=1S/C18H35N3O5S/c1-6-14(2)16(22)25-10-7-19-18(24)20-8-12-27-13-15(3)17(23)26-11-9-21(4)5/h14-15H,6-13H2,1-5H3,(H2,19,20,24). The Labute approximate surface area is 167 Å². The molecule has 0 aliphatic rings. The van der Waals surface area contributed by atoms with Crippen LogP contribution >= 0.6 is 11.8 Å². The van der Waals surface area contributed by atoms with Gasteiger partial charge in [-0.3, -0.25) is 9.59 Å². The number of hydrogen-bond acceptors (Lipinski definition) is 7. The largest absolute Gasteiger partial charge is 0.464 e. The van der Waals surface area contributed by atoms with Crippen molar-refractivity contribution in [1.82, 2.24) is 15.5 Å². The van der Waals surface area contributed by atoms with E-state index < -0.39 is 0 Å². The van der Waals surface area contributed by atoms with Gasteiger partial charge in [0, 0.05) is 24.6 Å². The minimum atomic E-state index is -0.300. The Bertz CT molecular complexity index is 449. The van der Waals surface area contributed by atoms with Crippen LogP contribution in [0.15, 0.2) is 0 Å². The Morgan fingerprint density at radius 2 is 1.56 bits per heavy atom. The summed E-state index contributed by atoms with van der Waals surface area (Å²) in [5.41, 5.74) is 0. The molecule has 0 aromatic rings. The van der Waals surface area contributed by atoms with E-state index in [0.717, 1.165) is 6.42 Å². The Morgan fingerprint density at radius 1 is 0.963 bits per heavy atom. The molecule has 2 atom stereocenters. The van der Waals surface area contributed by atoms with E-state index in [0.29, 0.717) is 31.2 Å². The van der Waals surface area contributed by atoms with Crippen LogP contribution in [0.3, 0.4) is 0 Å². The molecule has 2 unspecified atom stereocenters. The number of urea groups is 1. The van der Waals surface area contributed by atoms with E-state index in [1.54, 1.807) is 11.8 Å². The van der Waals surface area contributed by atoms with Crippen molar-refractivity contribution in [3.63, 3.8) is 0 Å². The molecule has 8 nitrogen and oxygen atoms in total. The fraction of sp³-hybridized carbons (Fsp3) is 0.833. The van der Waals surface area contributed by atoms with Crippen LogP contribution in [0, 0.1) is 11.8 Å². The first-order valence-electron chi connectivity index (χ1n) is 9.35. The van der Waals surface area contributed by atoms with Crippen LogP contribution in [0.1, 0.15) is 27.2 Å². The number of carbonyl (C=O) groups excluding carboxylic acids is 3. The maximum Gasteiger partial charge on any atom is 0.314 e. The van der Waals surface area contributed by atoms with Gasteiger partial charge in [0.25, 0.3) is 0 Å². The third-order valence-corrected chi connectivity index (χ3v) is 4.96. The van der Waals surface area contributed by atoms with Crippen molar-refractivity contribution < 1.29 is 23.9 Å². The summed E-state index contributed by atoms with van der Waals surface area (Å²) in [6, 6.07) is -0.300. The highest BCUT2D eigenvalue weighted by Crippen LogP contribution is 2.09.